The number of hydrogen-bond acceptors (Lipinski definition) is 2. The number of rotatable bonds is 5. The second-order valence-corrected chi connectivity index (χ2v) is 14.9. The van der Waals surface area contributed by atoms with Crippen molar-refractivity contribution in [3.8, 4) is 34.1 Å². The molecule has 6 heterocycles. The Kier molecular flexibility index (Phi) is 7.84. The van der Waals surface area contributed by atoms with E-state index in [1.54, 1.807) is 0 Å². The average molecular weight is 866 g/mol. The monoisotopic (exact) mass is 865 g/mol. The van der Waals surface area contributed by atoms with E-state index in [0.717, 1.165) is 68.4 Å². The third-order valence-electron chi connectivity index (χ3n) is 10.4. The number of imidazole rings is 1. The van der Waals surface area contributed by atoms with Crippen LogP contribution in [0.25, 0.3) is 50.0 Å². The Morgan fingerprint density at radius 2 is 1.47 bits per heavy atom. The van der Waals surface area contributed by atoms with Gasteiger partial charge >= 0.3 is 248 Å². The van der Waals surface area contributed by atoms with E-state index >= 15 is 0 Å². The predicted molar refractivity (Wildman–Crippen MR) is 208 cm³/mol. The molecule has 4 bridgehead atoms. The third kappa shape index (κ3) is 5.77. The summed E-state index contributed by atoms with van der Waals surface area (Å²) in [6, 6.07) is 52.5. The Morgan fingerprint density at radius 3 is 2.30 bits per heavy atom. The number of fused-ring (bicyclic) bond motifs is 3. The molecule has 0 fully saturated rings. The Morgan fingerprint density at radius 1 is 0.660 bits per heavy atom. The molecule has 260 valence electrons. The van der Waals surface area contributed by atoms with Gasteiger partial charge in [0.2, 0.25) is 0 Å². The topological polar surface area (TPSA) is 36.4 Å². The quantitative estimate of drug-likeness (QED) is 0.162. The van der Waals surface area contributed by atoms with Crippen molar-refractivity contribution in [1.29, 1.82) is 0 Å². The van der Waals surface area contributed by atoms with E-state index in [2.05, 4.69) is 161 Å². The van der Waals surface area contributed by atoms with Gasteiger partial charge in [0, 0.05) is 6.20 Å². The van der Waals surface area contributed by atoms with Gasteiger partial charge in [-0.15, -0.1) is 0 Å². The van der Waals surface area contributed by atoms with Gasteiger partial charge in [-0.1, -0.05) is 36.4 Å². The maximum atomic E-state index is 6.57. The molecule has 0 atom stereocenters. The molecule has 0 spiro atoms. The van der Waals surface area contributed by atoms with E-state index < -0.39 is 0 Å². The fraction of sp³-hybridized carbons (Fsp3) is 0.106. The molecule has 13 rings (SSSR count). The second kappa shape index (κ2) is 13.0. The molecule has 0 radical (unpaired) electrons. The van der Waals surface area contributed by atoms with E-state index in [0.29, 0.717) is 11.5 Å². The zero-order chi connectivity index (χ0) is 35.5. The molecule has 0 N–H and O–H groups in total. The van der Waals surface area contributed by atoms with Gasteiger partial charge in [-0.3, -0.25) is 0 Å². The van der Waals surface area contributed by atoms with Gasteiger partial charge in [0.15, 0.2) is 0 Å². The van der Waals surface area contributed by atoms with Crippen molar-refractivity contribution < 1.29 is 24.1 Å². The summed E-state index contributed by atoms with van der Waals surface area (Å²) in [6.07, 6.45) is 8.10. The molecule has 5 aromatic carbocycles. The molecule has 9 aromatic rings. The Labute approximate surface area is 318 Å². The summed E-state index contributed by atoms with van der Waals surface area (Å²) in [5.74, 6) is 2.10. The molecule has 2 aliphatic carbocycles. The van der Waals surface area contributed by atoms with Gasteiger partial charge in [0.05, 0.1) is 0 Å². The van der Waals surface area contributed by atoms with E-state index in [-0.39, 0.29) is 0 Å². The minimum absolute atomic E-state index is 0.620. The molecule has 2 aliphatic heterocycles. The summed E-state index contributed by atoms with van der Waals surface area (Å²) in [7, 11) is 0. The van der Waals surface area contributed by atoms with Crippen LogP contribution in [0.1, 0.15) is 27.9 Å². The SMILES string of the molecule is Cc1ccnc(-n2c3[c-]c(Oc4[c-]c(-n5cc6c7ccc(n6[c]5=[Pt])CCc5ccc(cc5)CC7)ccc4)ccc3c3cc(-c4ccccc4)ccc32)c1. The molecule has 53 heavy (non-hydrogen) atoms. The van der Waals surface area contributed by atoms with Crippen molar-refractivity contribution in [3.05, 3.63) is 184 Å². The van der Waals surface area contributed by atoms with Crippen molar-refractivity contribution >= 4 is 27.3 Å². The van der Waals surface area contributed by atoms with Crippen LogP contribution in [0.4, 0.5) is 0 Å². The van der Waals surface area contributed by atoms with Gasteiger partial charge in [-0.25, -0.2) is 0 Å². The van der Waals surface area contributed by atoms with Crippen LogP contribution in [0.15, 0.2) is 140 Å². The molecular weight excluding hydrogens is 832 g/mol. The van der Waals surface area contributed by atoms with Crippen molar-refractivity contribution in [2.45, 2.75) is 32.6 Å². The first-order valence-corrected chi connectivity index (χ1v) is 19.2. The molecule has 4 aliphatic rings. The zero-order valence-corrected chi connectivity index (χ0v) is 31.4. The van der Waals surface area contributed by atoms with E-state index in [1.165, 1.54) is 39.0 Å². The molecule has 0 saturated carbocycles. The first kappa shape index (κ1) is 31.9. The van der Waals surface area contributed by atoms with Crippen molar-refractivity contribution in [2.75, 3.05) is 0 Å². The standard InChI is InChI=1S/C47H34N4O.Pt/c1-32-24-25-48-47(26-32)51-44-23-18-37(35-6-3-2-4-7-35)27-43(44)42-22-21-41(29-45(42)51)52-40-9-5-8-39(28-40)49-30-46-36-16-14-33-10-12-34(13-11-33)15-19-38(20-17-36)50(46)31-49;/h2-13,17-18,20-27,30H,14-16,19H2,1H3;/q-2;. The Hall–Kier alpha value is -5.77. The van der Waals surface area contributed by atoms with Gasteiger partial charge < -0.3 is 0 Å². The van der Waals surface area contributed by atoms with Gasteiger partial charge in [-0.2, -0.15) is 0 Å². The van der Waals surface area contributed by atoms with Crippen molar-refractivity contribution in [3.63, 3.8) is 0 Å². The van der Waals surface area contributed by atoms with Crippen LogP contribution in [0, 0.1) is 22.9 Å². The van der Waals surface area contributed by atoms with Crippen LogP contribution < -0.4 is 4.74 Å². The molecule has 0 saturated heterocycles. The molecular formula is C47H34N4OPt-2. The van der Waals surface area contributed by atoms with Crippen molar-refractivity contribution in [2.24, 2.45) is 0 Å². The number of aryl methyl sites for hydroxylation is 5. The number of benzene rings is 5. The van der Waals surface area contributed by atoms with Crippen LogP contribution in [0.3, 0.4) is 0 Å². The van der Waals surface area contributed by atoms with Crippen LogP contribution in [-0.4, -0.2) is 18.5 Å². The summed E-state index contributed by atoms with van der Waals surface area (Å²) < 4.78 is 14.5. The summed E-state index contributed by atoms with van der Waals surface area (Å²) in [4.78, 5) is 4.79. The van der Waals surface area contributed by atoms with Crippen LogP contribution >= 0.6 is 0 Å². The van der Waals surface area contributed by atoms with E-state index in [4.69, 9.17) is 9.72 Å². The second-order valence-electron chi connectivity index (χ2n) is 13.8. The number of nitrogens with zero attached hydrogens (tertiary/aromatic N) is 4. The third-order valence-corrected chi connectivity index (χ3v) is 11.5. The fourth-order valence-corrected chi connectivity index (χ4v) is 8.72. The average Bonchev–Trinajstić information content (AvgIpc) is 3.71. The Balaban J connectivity index is 1.04. The maximum absolute atomic E-state index is 6.57. The van der Waals surface area contributed by atoms with Crippen LogP contribution in [0.5, 0.6) is 11.5 Å². The summed E-state index contributed by atoms with van der Waals surface area (Å²) in [5.41, 5.74) is 13.1. The van der Waals surface area contributed by atoms with Gasteiger partial charge in [-0.05, 0) is 29.7 Å². The summed E-state index contributed by atoms with van der Waals surface area (Å²) >= 11 is 2.46. The van der Waals surface area contributed by atoms with Crippen LogP contribution in [-0.2, 0) is 45.0 Å². The first-order valence-electron chi connectivity index (χ1n) is 18.0. The molecule has 0 amide bonds. The van der Waals surface area contributed by atoms with Gasteiger partial charge in [0.1, 0.15) is 0 Å². The number of hydrogen-bond donors (Lipinski definition) is 0. The number of aromatic nitrogens is 4. The molecule has 4 aromatic heterocycles. The van der Waals surface area contributed by atoms with E-state index in [9.17, 15) is 0 Å². The number of ether oxygens (including phenoxy) is 1. The molecule has 6 heteroatoms. The predicted octanol–water partition coefficient (Wildman–Crippen LogP) is 10.6. The Bertz CT molecular complexity index is 2900. The van der Waals surface area contributed by atoms with Gasteiger partial charge in [0.25, 0.3) is 0 Å². The summed E-state index contributed by atoms with van der Waals surface area (Å²) in [5, 5.41) is 2.24. The fourth-order valence-electron chi connectivity index (χ4n) is 7.70. The van der Waals surface area contributed by atoms with Crippen molar-refractivity contribution in [1.82, 2.24) is 18.5 Å². The molecule has 0 unspecified atom stereocenters. The molecule has 5 nitrogen and oxygen atoms in total. The van der Waals surface area contributed by atoms with E-state index in [1.807, 2.05) is 30.5 Å². The number of pyridine rings is 2. The minimum atomic E-state index is 0.620. The van der Waals surface area contributed by atoms with Crippen LogP contribution in [0.2, 0.25) is 0 Å². The first-order chi connectivity index (χ1) is 26.1. The summed E-state index contributed by atoms with van der Waals surface area (Å²) in [6.45, 7) is 2.10. The zero-order valence-electron chi connectivity index (χ0n) is 29.1. The normalized spacial score (nSPS) is 12.8.